The van der Waals surface area contributed by atoms with Gasteiger partial charge in [-0.3, -0.25) is 9.59 Å². The van der Waals surface area contributed by atoms with E-state index in [9.17, 15) is 14.4 Å². The first-order valence-corrected chi connectivity index (χ1v) is 15.8. The van der Waals surface area contributed by atoms with E-state index in [1.54, 1.807) is 57.2 Å². The number of rotatable bonds is 14. The number of benzene rings is 4. The Morgan fingerprint density at radius 3 is 2.10 bits per heavy atom. The molecule has 13 nitrogen and oxygen atoms in total. The minimum absolute atomic E-state index is 0.0745. The molecule has 3 amide bonds. The lowest BCUT2D eigenvalue weighted by Gasteiger charge is -2.25. The molecular weight excluding hydrogens is 640 g/mol. The molecule has 0 aliphatic heterocycles. The molecule has 0 radical (unpaired) electrons. The lowest BCUT2D eigenvalue weighted by Crippen LogP contribution is -2.37. The third-order valence-electron chi connectivity index (χ3n) is 7.12. The summed E-state index contributed by atoms with van der Waals surface area (Å²) in [6, 6.07) is 27.6. The van der Waals surface area contributed by atoms with Gasteiger partial charge in [-0.05, 0) is 62.2 Å². The predicted molar refractivity (Wildman–Crippen MR) is 190 cm³/mol. The van der Waals surface area contributed by atoms with Crippen molar-refractivity contribution in [2.45, 2.75) is 45.6 Å². The second kappa shape index (κ2) is 17.2. The first-order chi connectivity index (χ1) is 24.0. The van der Waals surface area contributed by atoms with Crippen molar-refractivity contribution in [3.63, 3.8) is 0 Å². The molecule has 0 fully saturated rings. The zero-order valence-electron chi connectivity index (χ0n) is 28.4. The van der Waals surface area contributed by atoms with Gasteiger partial charge in [-0.25, -0.2) is 4.79 Å². The van der Waals surface area contributed by atoms with Crippen molar-refractivity contribution in [2.75, 3.05) is 24.3 Å². The van der Waals surface area contributed by atoms with Crippen LogP contribution >= 0.6 is 0 Å². The molecule has 0 aliphatic carbocycles. The fourth-order valence-corrected chi connectivity index (χ4v) is 4.72. The van der Waals surface area contributed by atoms with Gasteiger partial charge in [-0.1, -0.05) is 65.8 Å². The lowest BCUT2D eigenvalue weighted by atomic mass is 10.0. The standard InChI is InChI=1S/C37H42N6O7/c1-37(2,3)50-36(46)40-22-32(44)42-29-20-31(49-23-25-13-9-6-10-14-25)30(48-4)19-28(29)33(35(45)39-21-24-11-7-5-8-12-24)41-27-17-15-26(16-18-27)34(38)43-47/h5-20,33,41,47H,21-23H2,1-4H3,(H2,38,43)(H,39,45)(H,40,46)(H,42,44). The van der Waals surface area contributed by atoms with E-state index in [4.69, 9.17) is 25.2 Å². The molecule has 1 atom stereocenters. The number of carbonyl (C=O) groups excluding carboxylic acids is 3. The highest BCUT2D eigenvalue weighted by Crippen LogP contribution is 2.38. The molecule has 0 heterocycles. The smallest absolute Gasteiger partial charge is 0.408 e. The van der Waals surface area contributed by atoms with E-state index < -0.39 is 36.1 Å². The Hall–Kier alpha value is -6.24. The van der Waals surface area contributed by atoms with Crippen LogP contribution in [-0.2, 0) is 27.5 Å². The normalized spacial score (nSPS) is 11.9. The minimum atomic E-state index is -1.08. The summed E-state index contributed by atoms with van der Waals surface area (Å²) in [6.45, 7) is 5.17. The van der Waals surface area contributed by atoms with Crippen LogP contribution in [0.4, 0.5) is 16.2 Å². The molecule has 0 aromatic heterocycles. The molecule has 4 aromatic carbocycles. The zero-order chi connectivity index (χ0) is 36.1. The summed E-state index contributed by atoms with van der Waals surface area (Å²) in [5.74, 6) is -0.457. The molecule has 1 unspecified atom stereocenters. The molecule has 4 aromatic rings. The maximum Gasteiger partial charge on any atom is 0.408 e. The molecule has 0 aliphatic rings. The molecule has 262 valence electrons. The number of hydrogen-bond donors (Lipinski definition) is 6. The largest absolute Gasteiger partial charge is 0.493 e. The summed E-state index contributed by atoms with van der Waals surface area (Å²) in [6.07, 6.45) is -0.760. The number of oxime groups is 1. The van der Waals surface area contributed by atoms with Crippen LogP contribution < -0.4 is 36.5 Å². The van der Waals surface area contributed by atoms with Crippen LogP contribution in [0.5, 0.6) is 11.5 Å². The number of nitrogens with two attached hydrogens (primary N) is 1. The van der Waals surface area contributed by atoms with E-state index in [1.165, 1.54) is 7.11 Å². The number of anilines is 2. The summed E-state index contributed by atoms with van der Waals surface area (Å²) in [5, 5.41) is 23.6. The second-order valence-electron chi connectivity index (χ2n) is 12.1. The van der Waals surface area contributed by atoms with Crippen LogP contribution in [0, 0.1) is 0 Å². The summed E-state index contributed by atoms with van der Waals surface area (Å²) in [7, 11) is 1.47. The number of nitrogens with zero attached hydrogens (tertiary/aromatic N) is 1. The quantitative estimate of drug-likeness (QED) is 0.0444. The third-order valence-corrected chi connectivity index (χ3v) is 7.12. The molecule has 0 bridgehead atoms. The van der Waals surface area contributed by atoms with Gasteiger partial charge in [0.15, 0.2) is 17.3 Å². The molecule has 0 spiro atoms. The fraction of sp³-hybridized carbons (Fsp3) is 0.243. The summed E-state index contributed by atoms with van der Waals surface area (Å²) in [5.41, 5.74) is 8.33. The Kier molecular flexibility index (Phi) is 12.6. The van der Waals surface area contributed by atoms with Gasteiger partial charge in [-0.2, -0.15) is 0 Å². The lowest BCUT2D eigenvalue weighted by molar-refractivity contribution is -0.122. The number of ether oxygens (including phenoxy) is 3. The van der Waals surface area contributed by atoms with Gasteiger partial charge in [0.2, 0.25) is 11.8 Å². The van der Waals surface area contributed by atoms with Crippen molar-refractivity contribution in [3.05, 3.63) is 119 Å². The highest BCUT2D eigenvalue weighted by atomic mass is 16.6. The number of nitrogens with one attached hydrogen (secondary N) is 4. The first kappa shape index (κ1) is 36.6. The Morgan fingerprint density at radius 1 is 0.860 bits per heavy atom. The SMILES string of the molecule is COc1cc(C(Nc2ccc(C(N)=NO)cc2)C(=O)NCc2ccccc2)c(NC(=O)CNC(=O)OC(C)(C)C)cc1OCc1ccccc1. The molecule has 0 saturated heterocycles. The third kappa shape index (κ3) is 10.9. The summed E-state index contributed by atoms with van der Waals surface area (Å²) in [4.78, 5) is 39.5. The van der Waals surface area contributed by atoms with Gasteiger partial charge in [-0.15, -0.1) is 0 Å². The maximum absolute atomic E-state index is 14.0. The highest BCUT2D eigenvalue weighted by molar-refractivity contribution is 5.98. The Balaban J connectivity index is 1.72. The molecule has 13 heteroatoms. The van der Waals surface area contributed by atoms with Gasteiger partial charge < -0.3 is 46.4 Å². The van der Waals surface area contributed by atoms with E-state index in [2.05, 4.69) is 26.4 Å². The molecule has 4 rings (SSSR count). The first-order valence-electron chi connectivity index (χ1n) is 15.8. The predicted octanol–water partition coefficient (Wildman–Crippen LogP) is 5.30. The molecule has 7 N–H and O–H groups in total. The van der Waals surface area contributed by atoms with Crippen molar-refractivity contribution in [1.82, 2.24) is 10.6 Å². The molecular formula is C37H42N6O7. The van der Waals surface area contributed by atoms with Crippen LogP contribution in [-0.4, -0.2) is 48.2 Å². The average Bonchev–Trinajstić information content (AvgIpc) is 3.11. The van der Waals surface area contributed by atoms with Crippen molar-refractivity contribution < 1.29 is 33.8 Å². The van der Waals surface area contributed by atoms with Crippen molar-refractivity contribution >= 4 is 35.1 Å². The van der Waals surface area contributed by atoms with E-state index in [1.807, 2.05) is 60.7 Å². The number of amidine groups is 1. The molecule has 0 saturated carbocycles. The summed E-state index contributed by atoms with van der Waals surface area (Å²) < 4.78 is 17.1. The second-order valence-corrected chi connectivity index (χ2v) is 12.1. The van der Waals surface area contributed by atoms with Gasteiger partial charge in [0.1, 0.15) is 24.8 Å². The molecule has 50 heavy (non-hydrogen) atoms. The van der Waals surface area contributed by atoms with Gasteiger partial charge in [0, 0.05) is 29.4 Å². The maximum atomic E-state index is 14.0. The zero-order valence-corrected chi connectivity index (χ0v) is 28.4. The number of carbonyl (C=O) groups is 3. The topological polar surface area (TPSA) is 186 Å². The van der Waals surface area contributed by atoms with Gasteiger partial charge in [0.25, 0.3) is 0 Å². The van der Waals surface area contributed by atoms with Gasteiger partial charge >= 0.3 is 6.09 Å². The monoisotopic (exact) mass is 682 g/mol. The number of alkyl carbamates (subject to hydrolysis) is 1. The van der Waals surface area contributed by atoms with Gasteiger partial charge in [0.05, 0.1) is 12.8 Å². The minimum Gasteiger partial charge on any atom is -0.493 e. The number of methoxy groups -OCH3 is 1. The Bertz CT molecular complexity index is 1780. The Labute approximate surface area is 290 Å². The van der Waals surface area contributed by atoms with Crippen LogP contribution in [0.3, 0.4) is 0 Å². The van der Waals surface area contributed by atoms with Crippen molar-refractivity contribution in [1.29, 1.82) is 0 Å². The van der Waals surface area contributed by atoms with E-state index >= 15 is 0 Å². The van der Waals surface area contributed by atoms with Crippen molar-refractivity contribution in [3.8, 4) is 11.5 Å². The van der Waals surface area contributed by atoms with E-state index in [-0.39, 0.29) is 24.7 Å². The number of hydrogen-bond acceptors (Lipinski definition) is 9. The highest BCUT2D eigenvalue weighted by Gasteiger charge is 2.27. The summed E-state index contributed by atoms with van der Waals surface area (Å²) >= 11 is 0. The van der Waals surface area contributed by atoms with Crippen LogP contribution in [0.1, 0.15) is 49.1 Å². The fourth-order valence-electron chi connectivity index (χ4n) is 4.72. The van der Waals surface area contributed by atoms with Crippen LogP contribution in [0.15, 0.2) is 102 Å². The van der Waals surface area contributed by atoms with Crippen LogP contribution in [0.25, 0.3) is 0 Å². The Morgan fingerprint density at radius 2 is 1.50 bits per heavy atom. The average molecular weight is 683 g/mol. The van der Waals surface area contributed by atoms with E-state index in [0.29, 0.717) is 28.3 Å². The van der Waals surface area contributed by atoms with Crippen LogP contribution in [0.2, 0.25) is 0 Å². The van der Waals surface area contributed by atoms with E-state index in [0.717, 1.165) is 11.1 Å². The van der Waals surface area contributed by atoms with Crippen molar-refractivity contribution in [2.24, 2.45) is 10.9 Å². The number of amides is 3.